The van der Waals surface area contributed by atoms with Crippen molar-refractivity contribution in [2.45, 2.75) is 51.5 Å². The number of imidazole rings is 1. The minimum Gasteiger partial charge on any atom is -0.358 e. The van der Waals surface area contributed by atoms with Crippen molar-refractivity contribution in [3.8, 4) is 0 Å². The van der Waals surface area contributed by atoms with E-state index in [-0.39, 0.29) is 6.04 Å². The van der Waals surface area contributed by atoms with Crippen LogP contribution in [0.5, 0.6) is 0 Å². The van der Waals surface area contributed by atoms with Crippen molar-refractivity contribution in [2.75, 3.05) is 18.5 Å². The molecule has 2 heterocycles. The summed E-state index contributed by atoms with van der Waals surface area (Å²) in [5.74, 6) is 1.95. The van der Waals surface area contributed by atoms with Crippen LogP contribution >= 0.6 is 11.3 Å². The maximum Gasteiger partial charge on any atom is 0.195 e. The second-order valence-electron chi connectivity index (χ2n) is 6.50. The lowest BCUT2D eigenvalue weighted by Crippen LogP contribution is -2.29. The van der Waals surface area contributed by atoms with Crippen molar-refractivity contribution < 1.29 is 0 Å². The Morgan fingerprint density at radius 1 is 1.43 bits per heavy atom. The molecule has 0 amide bonds. The topological polar surface area (TPSA) is 46.6 Å². The van der Waals surface area contributed by atoms with Crippen molar-refractivity contribution in [2.24, 2.45) is 11.7 Å². The molecule has 0 spiro atoms. The molecule has 0 saturated heterocycles. The molecule has 5 heteroatoms. The van der Waals surface area contributed by atoms with Crippen LogP contribution in [0.15, 0.2) is 11.6 Å². The van der Waals surface area contributed by atoms with Gasteiger partial charge >= 0.3 is 0 Å². The number of nitrogens with zero attached hydrogens (tertiary/aromatic N) is 3. The molecule has 21 heavy (non-hydrogen) atoms. The number of anilines is 1. The zero-order valence-corrected chi connectivity index (χ0v) is 13.9. The van der Waals surface area contributed by atoms with E-state index in [9.17, 15) is 0 Å². The third kappa shape index (κ3) is 3.24. The molecule has 2 N–H and O–H groups in total. The fourth-order valence-corrected chi connectivity index (χ4v) is 4.19. The van der Waals surface area contributed by atoms with Crippen LogP contribution in [0.4, 0.5) is 5.82 Å². The molecule has 116 valence electrons. The molecule has 0 aliphatic heterocycles. The number of rotatable bonds is 5. The van der Waals surface area contributed by atoms with E-state index in [4.69, 9.17) is 10.7 Å². The van der Waals surface area contributed by atoms with Crippen LogP contribution in [-0.4, -0.2) is 29.0 Å². The minimum absolute atomic E-state index is 0.159. The van der Waals surface area contributed by atoms with E-state index in [1.165, 1.54) is 37.8 Å². The normalized spacial score (nSPS) is 18.2. The summed E-state index contributed by atoms with van der Waals surface area (Å²) >= 11 is 1.70. The van der Waals surface area contributed by atoms with E-state index in [2.05, 4.69) is 34.8 Å². The molecule has 0 bridgehead atoms. The van der Waals surface area contributed by atoms with Gasteiger partial charge in [-0.05, 0) is 25.7 Å². The summed E-state index contributed by atoms with van der Waals surface area (Å²) in [7, 11) is 2.19. The molecular weight excluding hydrogens is 280 g/mol. The molecule has 0 radical (unpaired) electrons. The molecule has 4 nitrogen and oxygen atoms in total. The first kappa shape index (κ1) is 14.9. The van der Waals surface area contributed by atoms with Crippen LogP contribution in [0.1, 0.15) is 44.7 Å². The highest BCUT2D eigenvalue weighted by molar-refractivity contribution is 7.15. The number of aromatic nitrogens is 2. The number of nitrogens with two attached hydrogens (primary N) is 1. The molecule has 3 rings (SSSR count). The van der Waals surface area contributed by atoms with Crippen molar-refractivity contribution in [1.29, 1.82) is 0 Å². The number of fused-ring (bicyclic) bond motifs is 1. The Labute approximate surface area is 131 Å². The van der Waals surface area contributed by atoms with Crippen molar-refractivity contribution in [1.82, 2.24) is 9.38 Å². The van der Waals surface area contributed by atoms with Gasteiger partial charge in [-0.15, -0.1) is 11.3 Å². The zero-order chi connectivity index (χ0) is 14.8. The van der Waals surface area contributed by atoms with Crippen molar-refractivity contribution in [3.05, 3.63) is 17.3 Å². The Morgan fingerprint density at radius 2 is 2.19 bits per heavy atom. The van der Waals surface area contributed by atoms with Gasteiger partial charge < -0.3 is 10.6 Å². The molecule has 1 atom stereocenters. The fraction of sp³-hybridized carbons (Fsp3) is 0.688. The highest BCUT2D eigenvalue weighted by Crippen LogP contribution is 2.29. The maximum absolute atomic E-state index is 6.04. The predicted molar refractivity (Wildman–Crippen MR) is 90.3 cm³/mol. The predicted octanol–water partition coefficient (Wildman–Crippen LogP) is 3.30. The van der Waals surface area contributed by atoms with E-state index < -0.39 is 0 Å². The summed E-state index contributed by atoms with van der Waals surface area (Å²) in [5.41, 5.74) is 7.30. The standard InChI is InChI=1S/C16H26N4S/c1-12(17)10-14-15(18-16-20(14)8-9-21-16)19(2)11-13-6-4-3-5-7-13/h8-9,12-13H,3-7,10-11,17H2,1-2H3. The van der Waals surface area contributed by atoms with E-state index >= 15 is 0 Å². The molecule has 0 aromatic carbocycles. The third-order valence-corrected chi connectivity index (χ3v) is 5.23. The highest BCUT2D eigenvalue weighted by Gasteiger charge is 2.21. The summed E-state index contributed by atoms with van der Waals surface area (Å²) in [6.07, 6.45) is 9.93. The summed E-state index contributed by atoms with van der Waals surface area (Å²) in [6.45, 7) is 3.19. The Kier molecular flexibility index (Phi) is 4.50. The van der Waals surface area contributed by atoms with E-state index in [0.29, 0.717) is 0 Å². The van der Waals surface area contributed by atoms with Gasteiger partial charge in [-0.2, -0.15) is 0 Å². The number of hydrogen-bond donors (Lipinski definition) is 1. The van der Waals surface area contributed by atoms with E-state index in [1.54, 1.807) is 11.3 Å². The van der Waals surface area contributed by atoms with Gasteiger partial charge in [-0.1, -0.05) is 19.3 Å². The first-order valence-corrected chi connectivity index (χ1v) is 8.94. The van der Waals surface area contributed by atoms with Crippen molar-refractivity contribution >= 4 is 22.1 Å². The van der Waals surface area contributed by atoms with Crippen LogP contribution < -0.4 is 10.6 Å². The van der Waals surface area contributed by atoms with Crippen LogP contribution in [0.3, 0.4) is 0 Å². The first-order chi connectivity index (χ1) is 10.1. The first-order valence-electron chi connectivity index (χ1n) is 8.06. The van der Waals surface area contributed by atoms with Gasteiger partial charge in [0.1, 0.15) is 0 Å². The second-order valence-corrected chi connectivity index (χ2v) is 7.38. The average Bonchev–Trinajstić information content (AvgIpc) is 3.02. The summed E-state index contributed by atoms with van der Waals surface area (Å²) in [5, 5.41) is 2.10. The average molecular weight is 306 g/mol. The maximum atomic E-state index is 6.04. The van der Waals surface area contributed by atoms with Crippen LogP contribution in [0.2, 0.25) is 0 Å². The minimum atomic E-state index is 0.159. The van der Waals surface area contributed by atoms with Gasteiger partial charge in [-0.25, -0.2) is 4.98 Å². The fourth-order valence-electron chi connectivity index (χ4n) is 3.46. The lowest BCUT2D eigenvalue weighted by Gasteiger charge is -2.27. The van der Waals surface area contributed by atoms with Gasteiger partial charge in [-0.3, -0.25) is 4.40 Å². The molecule has 2 aromatic rings. The van der Waals surface area contributed by atoms with Gasteiger partial charge in [0, 0.05) is 37.6 Å². The number of hydrogen-bond acceptors (Lipinski definition) is 4. The Balaban J connectivity index is 1.82. The molecule has 1 aliphatic carbocycles. The smallest absolute Gasteiger partial charge is 0.195 e. The van der Waals surface area contributed by atoms with Gasteiger partial charge in [0.2, 0.25) is 0 Å². The van der Waals surface area contributed by atoms with E-state index in [1.807, 2.05) is 0 Å². The van der Waals surface area contributed by atoms with Crippen molar-refractivity contribution in [3.63, 3.8) is 0 Å². The van der Waals surface area contributed by atoms with Gasteiger partial charge in [0.05, 0.1) is 5.69 Å². The molecule has 1 fully saturated rings. The SMILES string of the molecule is CC(N)Cc1c(N(C)CC2CCCCC2)nc2sccn12. The highest BCUT2D eigenvalue weighted by atomic mass is 32.1. The number of thiazole rings is 1. The largest absolute Gasteiger partial charge is 0.358 e. The Morgan fingerprint density at radius 3 is 2.90 bits per heavy atom. The lowest BCUT2D eigenvalue weighted by atomic mass is 9.89. The van der Waals surface area contributed by atoms with Gasteiger partial charge in [0.15, 0.2) is 10.8 Å². The van der Waals surface area contributed by atoms with Crippen LogP contribution in [-0.2, 0) is 6.42 Å². The molecular formula is C16H26N4S. The molecule has 1 aliphatic rings. The van der Waals surface area contributed by atoms with Crippen LogP contribution in [0, 0.1) is 5.92 Å². The quantitative estimate of drug-likeness (QED) is 0.922. The van der Waals surface area contributed by atoms with E-state index in [0.717, 1.165) is 29.7 Å². The zero-order valence-electron chi connectivity index (χ0n) is 13.1. The van der Waals surface area contributed by atoms with Crippen LogP contribution in [0.25, 0.3) is 4.96 Å². The Bertz CT molecular complexity index is 580. The molecule has 2 aromatic heterocycles. The summed E-state index contributed by atoms with van der Waals surface area (Å²) in [6, 6.07) is 0.159. The second kappa shape index (κ2) is 6.36. The summed E-state index contributed by atoms with van der Waals surface area (Å²) < 4.78 is 2.21. The monoisotopic (exact) mass is 306 g/mol. The molecule has 1 unspecified atom stereocenters. The third-order valence-electron chi connectivity index (χ3n) is 4.47. The lowest BCUT2D eigenvalue weighted by molar-refractivity contribution is 0.361. The Hall–Kier alpha value is -1.07. The molecule has 1 saturated carbocycles. The van der Waals surface area contributed by atoms with Gasteiger partial charge in [0.25, 0.3) is 0 Å². The summed E-state index contributed by atoms with van der Waals surface area (Å²) in [4.78, 5) is 8.28.